The Kier molecular flexibility index (Phi) is 8.20. The zero-order valence-corrected chi connectivity index (χ0v) is 21.2. The van der Waals surface area contributed by atoms with Gasteiger partial charge in [-0.2, -0.15) is 4.98 Å². The molecule has 8 heteroatoms. The molecule has 3 aromatic carbocycles. The summed E-state index contributed by atoms with van der Waals surface area (Å²) in [6.07, 6.45) is 2.19. The number of piperidine rings is 1. The predicted octanol–water partition coefficient (Wildman–Crippen LogP) is 4.56. The van der Waals surface area contributed by atoms with E-state index in [4.69, 9.17) is 4.52 Å². The van der Waals surface area contributed by atoms with Gasteiger partial charge in [0.15, 0.2) is 0 Å². The number of hydrogen-bond acceptors (Lipinski definition) is 6. The van der Waals surface area contributed by atoms with E-state index in [9.17, 15) is 9.59 Å². The normalized spacial score (nSPS) is 14.2. The lowest BCUT2D eigenvalue weighted by Crippen LogP contribution is -2.38. The van der Waals surface area contributed by atoms with Crippen molar-refractivity contribution in [2.24, 2.45) is 5.92 Å². The van der Waals surface area contributed by atoms with Crippen molar-refractivity contribution in [2.75, 3.05) is 25.0 Å². The first kappa shape index (κ1) is 25.4. The van der Waals surface area contributed by atoms with Crippen molar-refractivity contribution in [1.82, 2.24) is 20.4 Å². The fourth-order valence-electron chi connectivity index (χ4n) is 4.65. The molecule has 0 saturated carbocycles. The van der Waals surface area contributed by atoms with E-state index in [0.717, 1.165) is 43.5 Å². The number of hydrogen-bond donors (Lipinski definition) is 2. The largest absolute Gasteiger partial charge is 0.352 e. The third-order valence-corrected chi connectivity index (χ3v) is 6.79. The molecule has 0 unspecified atom stereocenters. The van der Waals surface area contributed by atoms with Crippen molar-refractivity contribution >= 4 is 17.5 Å². The number of rotatable bonds is 9. The summed E-state index contributed by atoms with van der Waals surface area (Å²) in [7, 11) is 0. The van der Waals surface area contributed by atoms with Gasteiger partial charge in [0.05, 0.1) is 17.8 Å². The number of para-hydroxylation sites is 1. The van der Waals surface area contributed by atoms with Crippen LogP contribution >= 0.6 is 0 Å². The molecule has 2 amide bonds. The summed E-state index contributed by atoms with van der Waals surface area (Å²) in [5.41, 5.74) is 3.09. The summed E-state index contributed by atoms with van der Waals surface area (Å²) in [5, 5.41) is 10.0. The molecule has 194 valence electrons. The van der Waals surface area contributed by atoms with Gasteiger partial charge in [-0.1, -0.05) is 78.0 Å². The van der Waals surface area contributed by atoms with E-state index in [1.807, 2.05) is 66.7 Å². The van der Waals surface area contributed by atoms with Gasteiger partial charge in [-0.3, -0.25) is 14.5 Å². The molecule has 1 saturated heterocycles. The van der Waals surface area contributed by atoms with Gasteiger partial charge >= 0.3 is 0 Å². The van der Waals surface area contributed by atoms with Crippen LogP contribution in [-0.4, -0.2) is 46.5 Å². The Labute approximate surface area is 222 Å². The lowest BCUT2D eigenvalue weighted by Gasteiger charge is -2.30. The molecule has 2 N–H and O–H groups in total. The van der Waals surface area contributed by atoms with Crippen LogP contribution in [0.15, 0.2) is 89.5 Å². The van der Waals surface area contributed by atoms with Gasteiger partial charge in [0.2, 0.25) is 17.6 Å². The maximum Gasteiger partial charge on any atom is 0.253 e. The van der Waals surface area contributed by atoms with Crippen molar-refractivity contribution in [3.8, 4) is 11.4 Å². The SMILES string of the molecule is O=C(NCCc1ccccc1)c1ccccc1NC(=O)C1CCN(Cc2nc(-c3ccccc3)no2)CC1. The Hall–Kier alpha value is -4.30. The molecule has 0 atom stereocenters. The molecule has 4 aromatic rings. The number of nitrogens with zero attached hydrogens (tertiary/aromatic N) is 3. The summed E-state index contributed by atoms with van der Waals surface area (Å²) < 4.78 is 5.44. The maximum absolute atomic E-state index is 13.1. The molecule has 2 heterocycles. The maximum atomic E-state index is 13.1. The average Bonchev–Trinajstić information content (AvgIpc) is 3.43. The highest BCUT2D eigenvalue weighted by Gasteiger charge is 2.27. The Balaban J connectivity index is 1.11. The van der Waals surface area contributed by atoms with Crippen molar-refractivity contribution in [1.29, 1.82) is 0 Å². The lowest BCUT2D eigenvalue weighted by atomic mass is 9.95. The van der Waals surface area contributed by atoms with Gasteiger partial charge in [-0.05, 0) is 50.0 Å². The van der Waals surface area contributed by atoms with Crippen LogP contribution in [0.4, 0.5) is 5.69 Å². The van der Waals surface area contributed by atoms with Crippen LogP contribution in [0, 0.1) is 5.92 Å². The standard InChI is InChI=1S/C30H31N5O3/c36-29(32-26-14-8-7-13-25(26)30(37)31-18-15-22-9-3-1-4-10-22)24-16-19-35(20-17-24)21-27-33-28(34-38-27)23-11-5-2-6-12-23/h1-14,24H,15-21H2,(H,31,37)(H,32,36). The van der Waals surface area contributed by atoms with Crippen molar-refractivity contribution in [3.05, 3.63) is 102 Å². The highest BCUT2D eigenvalue weighted by atomic mass is 16.5. The molecule has 0 spiro atoms. The van der Waals surface area contributed by atoms with Crippen LogP contribution in [0.25, 0.3) is 11.4 Å². The number of aromatic nitrogens is 2. The summed E-state index contributed by atoms with van der Waals surface area (Å²) in [5.74, 6) is 0.777. The molecule has 0 aliphatic carbocycles. The van der Waals surface area contributed by atoms with E-state index in [1.54, 1.807) is 18.2 Å². The minimum Gasteiger partial charge on any atom is -0.352 e. The van der Waals surface area contributed by atoms with E-state index in [-0.39, 0.29) is 17.7 Å². The fourth-order valence-corrected chi connectivity index (χ4v) is 4.65. The second-order valence-corrected chi connectivity index (χ2v) is 9.45. The molecular formula is C30H31N5O3. The Morgan fingerprint density at radius 1 is 0.895 bits per heavy atom. The number of amides is 2. The fraction of sp³-hybridized carbons (Fsp3) is 0.267. The van der Waals surface area contributed by atoms with Gasteiger partial charge in [-0.15, -0.1) is 0 Å². The van der Waals surface area contributed by atoms with Gasteiger partial charge in [0, 0.05) is 18.0 Å². The molecule has 1 aliphatic rings. The van der Waals surface area contributed by atoms with Crippen LogP contribution in [0.1, 0.15) is 34.7 Å². The first-order valence-corrected chi connectivity index (χ1v) is 13.0. The van der Waals surface area contributed by atoms with Crippen LogP contribution in [0.2, 0.25) is 0 Å². The summed E-state index contributed by atoms with van der Waals surface area (Å²) in [4.78, 5) is 32.6. The highest BCUT2D eigenvalue weighted by Crippen LogP contribution is 2.23. The Morgan fingerprint density at radius 2 is 1.58 bits per heavy atom. The van der Waals surface area contributed by atoms with Crippen LogP contribution in [0.5, 0.6) is 0 Å². The van der Waals surface area contributed by atoms with Gasteiger partial charge in [0.25, 0.3) is 5.91 Å². The topological polar surface area (TPSA) is 100 Å². The Morgan fingerprint density at radius 3 is 2.34 bits per heavy atom. The second kappa shape index (κ2) is 12.3. The van der Waals surface area contributed by atoms with Gasteiger partial charge < -0.3 is 15.2 Å². The van der Waals surface area contributed by atoms with E-state index < -0.39 is 0 Å². The number of benzene rings is 3. The van der Waals surface area contributed by atoms with Crippen molar-refractivity contribution in [2.45, 2.75) is 25.8 Å². The zero-order valence-electron chi connectivity index (χ0n) is 21.2. The van der Waals surface area contributed by atoms with Crippen LogP contribution in [-0.2, 0) is 17.8 Å². The molecule has 0 bridgehead atoms. The van der Waals surface area contributed by atoms with E-state index in [1.165, 1.54) is 0 Å². The van der Waals surface area contributed by atoms with E-state index >= 15 is 0 Å². The highest BCUT2D eigenvalue weighted by molar-refractivity contribution is 6.04. The number of likely N-dealkylation sites (tertiary alicyclic amines) is 1. The van der Waals surface area contributed by atoms with Crippen molar-refractivity contribution in [3.63, 3.8) is 0 Å². The predicted molar refractivity (Wildman–Crippen MR) is 145 cm³/mol. The number of anilines is 1. The molecule has 5 rings (SSSR count). The van der Waals surface area contributed by atoms with Crippen LogP contribution < -0.4 is 10.6 Å². The lowest BCUT2D eigenvalue weighted by molar-refractivity contribution is -0.121. The van der Waals surface area contributed by atoms with E-state index in [0.29, 0.717) is 36.1 Å². The molecule has 1 aromatic heterocycles. The number of nitrogens with one attached hydrogen (secondary N) is 2. The van der Waals surface area contributed by atoms with E-state index in [2.05, 4.69) is 25.7 Å². The smallest absolute Gasteiger partial charge is 0.253 e. The molecule has 1 aliphatic heterocycles. The van der Waals surface area contributed by atoms with Gasteiger partial charge in [0.1, 0.15) is 0 Å². The number of carbonyl (C=O) groups excluding carboxylic acids is 2. The third-order valence-electron chi connectivity index (χ3n) is 6.79. The summed E-state index contributed by atoms with van der Waals surface area (Å²) in [6, 6.07) is 26.9. The third kappa shape index (κ3) is 6.52. The molecule has 1 fully saturated rings. The first-order chi connectivity index (χ1) is 18.7. The van der Waals surface area contributed by atoms with Crippen LogP contribution in [0.3, 0.4) is 0 Å². The quantitative estimate of drug-likeness (QED) is 0.343. The first-order valence-electron chi connectivity index (χ1n) is 13.0. The minimum atomic E-state index is -0.193. The van der Waals surface area contributed by atoms with Crippen molar-refractivity contribution < 1.29 is 14.1 Å². The molecule has 38 heavy (non-hydrogen) atoms. The molecule has 0 radical (unpaired) electrons. The summed E-state index contributed by atoms with van der Waals surface area (Å²) in [6.45, 7) is 2.59. The molecular weight excluding hydrogens is 478 g/mol. The zero-order chi connectivity index (χ0) is 26.2. The Bertz CT molecular complexity index is 1350. The molecule has 8 nitrogen and oxygen atoms in total. The minimum absolute atomic E-state index is 0.0571. The average molecular weight is 510 g/mol. The monoisotopic (exact) mass is 509 g/mol. The number of carbonyl (C=O) groups is 2. The summed E-state index contributed by atoms with van der Waals surface area (Å²) >= 11 is 0. The van der Waals surface area contributed by atoms with Gasteiger partial charge in [-0.25, -0.2) is 0 Å². The second-order valence-electron chi connectivity index (χ2n) is 9.45.